The van der Waals surface area contributed by atoms with Crippen LogP contribution < -0.4 is 5.76 Å². The Hall–Kier alpha value is -3.97. The number of rotatable bonds is 4. The summed E-state index contributed by atoms with van der Waals surface area (Å²) in [6.07, 6.45) is 5.90. The molecule has 0 bridgehead atoms. The largest absolute Gasteiger partial charge is 0.439 e. The van der Waals surface area contributed by atoms with E-state index in [2.05, 4.69) is 62.2 Å². The summed E-state index contributed by atoms with van der Waals surface area (Å²) in [5, 5.41) is 4.61. The van der Waals surface area contributed by atoms with Crippen molar-refractivity contribution >= 4 is 33.9 Å². The Bertz CT molecular complexity index is 1770. The quantitative estimate of drug-likeness (QED) is 0.332. The molecule has 0 amide bonds. The van der Waals surface area contributed by atoms with E-state index in [9.17, 15) is 4.79 Å². The van der Waals surface area contributed by atoms with Crippen LogP contribution in [0.15, 0.2) is 64.0 Å². The highest BCUT2D eigenvalue weighted by molar-refractivity contribution is 6.34. The second-order valence-corrected chi connectivity index (χ2v) is 10.3. The Labute approximate surface area is 217 Å². The van der Waals surface area contributed by atoms with Gasteiger partial charge in [-0.15, -0.1) is 0 Å². The van der Waals surface area contributed by atoms with Crippen LogP contribution in [-0.4, -0.2) is 24.7 Å². The van der Waals surface area contributed by atoms with Crippen molar-refractivity contribution in [3.05, 3.63) is 110 Å². The fourth-order valence-corrected chi connectivity index (χ4v) is 5.69. The van der Waals surface area contributed by atoms with Gasteiger partial charge in [-0.25, -0.2) is 14.8 Å². The molecule has 1 N–H and O–H groups in total. The number of fused-ring (bicyclic) bond motifs is 3. The zero-order valence-electron chi connectivity index (χ0n) is 20.3. The van der Waals surface area contributed by atoms with E-state index in [1.165, 1.54) is 16.7 Å². The molecule has 0 spiro atoms. The third kappa shape index (κ3) is 3.81. The van der Waals surface area contributed by atoms with Crippen molar-refractivity contribution in [1.82, 2.24) is 24.7 Å². The average Bonchev–Trinajstić information content (AvgIpc) is 3.59. The number of H-pyrrole nitrogens is 1. The van der Waals surface area contributed by atoms with E-state index in [0.717, 1.165) is 64.9 Å². The fourth-order valence-electron chi connectivity index (χ4n) is 5.50. The van der Waals surface area contributed by atoms with Gasteiger partial charge in [-0.3, -0.25) is 9.51 Å². The number of hydrogen-bond donors (Lipinski definition) is 1. The molecule has 3 heterocycles. The molecule has 0 radical (unpaired) electrons. The van der Waals surface area contributed by atoms with E-state index in [0.29, 0.717) is 23.3 Å². The third-order valence-electron chi connectivity index (χ3n) is 7.46. The van der Waals surface area contributed by atoms with Crippen LogP contribution in [0, 0.1) is 0 Å². The standard InChI is InChI=1S/C29H24ClN5O2/c1-16(26-33-29(36)37-34-26)24-21-5-3-2-4-18(21)7-10-20-14-17(6-11-22(20)24)15-35-27(19-8-9-19)32-25-23(30)12-13-31-28(25)35/h2-6,11-14,19H,7-10,15H2,1H3,(H,33,34,36)/b24-16+. The average molecular weight is 510 g/mol. The van der Waals surface area contributed by atoms with Gasteiger partial charge in [0.25, 0.3) is 0 Å². The molecule has 0 saturated heterocycles. The number of aromatic nitrogens is 5. The maximum Gasteiger partial charge on any atom is 0.439 e. The van der Waals surface area contributed by atoms with Gasteiger partial charge in [0.1, 0.15) is 11.3 Å². The van der Waals surface area contributed by atoms with E-state index in [1.54, 1.807) is 12.3 Å². The number of benzene rings is 2. The van der Waals surface area contributed by atoms with Gasteiger partial charge in [-0.2, -0.15) is 0 Å². The molecule has 184 valence electrons. The van der Waals surface area contributed by atoms with Crippen LogP contribution in [0.25, 0.3) is 22.3 Å². The smallest absolute Gasteiger partial charge is 0.308 e. The molecule has 5 aromatic rings. The number of imidazole rings is 1. The maximum absolute atomic E-state index is 11.7. The molecule has 7 nitrogen and oxygen atoms in total. The molecular weight excluding hydrogens is 486 g/mol. The van der Waals surface area contributed by atoms with E-state index in [1.807, 2.05) is 6.92 Å². The summed E-state index contributed by atoms with van der Waals surface area (Å²) in [5.74, 6) is 1.44. The number of nitrogens with zero attached hydrogens (tertiary/aromatic N) is 4. The van der Waals surface area contributed by atoms with Crippen molar-refractivity contribution in [2.45, 2.75) is 45.1 Å². The Balaban J connectivity index is 1.36. The van der Waals surface area contributed by atoms with Gasteiger partial charge >= 0.3 is 5.76 Å². The zero-order chi connectivity index (χ0) is 25.1. The first-order valence-electron chi connectivity index (χ1n) is 12.5. The minimum Gasteiger partial charge on any atom is -0.308 e. The Morgan fingerprint density at radius 1 is 1.11 bits per heavy atom. The molecule has 1 fully saturated rings. The minimum absolute atomic E-state index is 0.452. The summed E-state index contributed by atoms with van der Waals surface area (Å²) >= 11 is 6.47. The Kier molecular flexibility index (Phi) is 5.15. The van der Waals surface area contributed by atoms with E-state index >= 15 is 0 Å². The summed E-state index contributed by atoms with van der Waals surface area (Å²) in [6, 6.07) is 16.9. The summed E-state index contributed by atoms with van der Waals surface area (Å²) < 4.78 is 7.05. The second-order valence-electron chi connectivity index (χ2n) is 9.89. The minimum atomic E-state index is -0.555. The highest BCUT2D eigenvalue weighted by atomic mass is 35.5. The zero-order valence-corrected chi connectivity index (χ0v) is 21.0. The molecule has 8 heteroatoms. The van der Waals surface area contributed by atoms with Gasteiger partial charge in [-0.05, 0) is 72.1 Å². The molecule has 2 aliphatic carbocycles. The summed E-state index contributed by atoms with van der Waals surface area (Å²) in [4.78, 5) is 23.9. The van der Waals surface area contributed by atoms with Crippen molar-refractivity contribution in [3.63, 3.8) is 0 Å². The van der Waals surface area contributed by atoms with Crippen molar-refractivity contribution in [2.75, 3.05) is 0 Å². The molecule has 0 aliphatic heterocycles. The van der Waals surface area contributed by atoms with Gasteiger partial charge in [0.05, 0.1) is 11.6 Å². The van der Waals surface area contributed by atoms with Crippen molar-refractivity contribution in [3.8, 4) is 0 Å². The Morgan fingerprint density at radius 2 is 1.92 bits per heavy atom. The predicted octanol–water partition coefficient (Wildman–Crippen LogP) is 5.76. The highest BCUT2D eigenvalue weighted by Crippen LogP contribution is 2.42. The Morgan fingerprint density at radius 3 is 2.73 bits per heavy atom. The number of halogens is 1. The molecule has 2 aliphatic rings. The lowest BCUT2D eigenvalue weighted by Crippen LogP contribution is -2.06. The van der Waals surface area contributed by atoms with Gasteiger partial charge in [-0.1, -0.05) is 59.2 Å². The number of nitrogens with one attached hydrogen (secondary N) is 1. The van der Waals surface area contributed by atoms with Crippen LogP contribution in [0.3, 0.4) is 0 Å². The number of aromatic amines is 1. The van der Waals surface area contributed by atoms with Gasteiger partial charge < -0.3 is 4.57 Å². The highest BCUT2D eigenvalue weighted by Gasteiger charge is 2.31. The lowest BCUT2D eigenvalue weighted by atomic mass is 9.89. The molecular formula is C29H24ClN5O2. The summed E-state index contributed by atoms with van der Waals surface area (Å²) in [6.45, 7) is 2.67. The second kappa shape index (κ2) is 8.56. The first kappa shape index (κ1) is 22.2. The van der Waals surface area contributed by atoms with E-state index in [4.69, 9.17) is 21.1 Å². The number of aryl methyl sites for hydroxylation is 2. The number of pyridine rings is 1. The molecule has 2 aromatic carbocycles. The van der Waals surface area contributed by atoms with Crippen molar-refractivity contribution in [1.29, 1.82) is 0 Å². The van der Waals surface area contributed by atoms with Crippen LogP contribution >= 0.6 is 11.6 Å². The molecule has 3 aromatic heterocycles. The predicted molar refractivity (Wildman–Crippen MR) is 143 cm³/mol. The van der Waals surface area contributed by atoms with Gasteiger partial charge in [0.15, 0.2) is 11.5 Å². The van der Waals surface area contributed by atoms with Crippen LogP contribution in [0.4, 0.5) is 0 Å². The van der Waals surface area contributed by atoms with Crippen molar-refractivity contribution in [2.24, 2.45) is 0 Å². The number of hydrogen-bond acceptors (Lipinski definition) is 5. The van der Waals surface area contributed by atoms with Gasteiger partial charge in [0, 0.05) is 17.7 Å². The molecule has 1 saturated carbocycles. The van der Waals surface area contributed by atoms with E-state index in [-0.39, 0.29) is 0 Å². The normalized spacial score (nSPS) is 16.4. The first-order valence-corrected chi connectivity index (χ1v) is 12.9. The topological polar surface area (TPSA) is 89.6 Å². The van der Waals surface area contributed by atoms with Crippen LogP contribution in [0.1, 0.15) is 65.1 Å². The van der Waals surface area contributed by atoms with Crippen LogP contribution in [-0.2, 0) is 19.4 Å². The van der Waals surface area contributed by atoms with Crippen LogP contribution in [0.5, 0.6) is 0 Å². The molecule has 0 unspecified atom stereocenters. The molecule has 7 rings (SSSR count). The fraction of sp³-hybridized carbons (Fsp3) is 0.241. The lowest BCUT2D eigenvalue weighted by Gasteiger charge is -2.16. The van der Waals surface area contributed by atoms with E-state index < -0.39 is 5.76 Å². The number of allylic oxidation sites excluding steroid dienone is 1. The van der Waals surface area contributed by atoms with Crippen LogP contribution in [0.2, 0.25) is 5.02 Å². The third-order valence-corrected chi connectivity index (χ3v) is 7.76. The van der Waals surface area contributed by atoms with Crippen molar-refractivity contribution < 1.29 is 4.52 Å². The SMILES string of the molecule is C/C(=C1/c2ccccc2CCc2cc(Cn3c(C4CC4)nc4c(Cl)ccnc43)ccc21)c1noc(=O)[nH]1. The monoisotopic (exact) mass is 509 g/mol. The molecule has 37 heavy (non-hydrogen) atoms. The first-order chi connectivity index (χ1) is 18.1. The van der Waals surface area contributed by atoms with Gasteiger partial charge in [0.2, 0.25) is 0 Å². The summed E-state index contributed by atoms with van der Waals surface area (Å²) in [5.41, 5.74) is 9.60. The summed E-state index contributed by atoms with van der Waals surface area (Å²) in [7, 11) is 0. The maximum atomic E-state index is 11.7. The lowest BCUT2D eigenvalue weighted by molar-refractivity contribution is 0.385. The molecule has 0 atom stereocenters.